The third-order valence-corrected chi connectivity index (χ3v) is 4.66. The summed E-state index contributed by atoms with van der Waals surface area (Å²) in [6.45, 7) is 3.30. The summed E-state index contributed by atoms with van der Waals surface area (Å²) in [5.74, 6) is 1.26. The molecule has 4 nitrogen and oxygen atoms in total. The first-order chi connectivity index (χ1) is 11.1. The maximum Gasteiger partial charge on any atom is 0.222 e. The third kappa shape index (κ3) is 5.54. The van der Waals surface area contributed by atoms with Gasteiger partial charge in [-0.25, -0.2) is 0 Å². The fraction of sp³-hybridized carbons (Fsp3) is 0.632. The van der Waals surface area contributed by atoms with Crippen molar-refractivity contribution in [2.75, 3.05) is 20.2 Å². The van der Waals surface area contributed by atoms with Gasteiger partial charge in [-0.2, -0.15) is 0 Å². The molecule has 0 bridgehead atoms. The molecule has 0 aliphatic heterocycles. The van der Waals surface area contributed by atoms with E-state index >= 15 is 0 Å². The second-order valence-electron chi connectivity index (χ2n) is 6.46. The first-order valence-electron chi connectivity index (χ1n) is 8.74. The molecule has 0 aromatic heterocycles. The Bertz CT molecular complexity index is 486. The molecule has 1 amide bonds. The van der Waals surface area contributed by atoms with Crippen molar-refractivity contribution < 1.29 is 14.6 Å². The Morgan fingerprint density at radius 1 is 1.26 bits per heavy atom. The number of hydrogen-bond donors (Lipinski definition) is 1. The molecule has 1 N–H and O–H groups in total. The van der Waals surface area contributed by atoms with Gasteiger partial charge in [-0.3, -0.25) is 4.79 Å². The summed E-state index contributed by atoms with van der Waals surface area (Å²) < 4.78 is 5.42. The number of amides is 1. The molecule has 1 aliphatic rings. The number of hydrogen-bond acceptors (Lipinski definition) is 3. The highest BCUT2D eigenvalue weighted by molar-refractivity contribution is 5.76. The number of nitrogens with zero attached hydrogens (tertiary/aromatic N) is 1. The average molecular weight is 319 g/mol. The highest BCUT2D eigenvalue weighted by Crippen LogP contribution is 2.25. The van der Waals surface area contributed by atoms with Crippen molar-refractivity contribution in [1.29, 1.82) is 0 Å². The second-order valence-corrected chi connectivity index (χ2v) is 6.46. The van der Waals surface area contributed by atoms with Crippen molar-refractivity contribution >= 4 is 5.91 Å². The molecule has 1 fully saturated rings. The van der Waals surface area contributed by atoms with Crippen LogP contribution in [0.2, 0.25) is 0 Å². The van der Waals surface area contributed by atoms with Gasteiger partial charge < -0.3 is 14.7 Å². The number of aliphatic hydroxyl groups is 1. The Morgan fingerprint density at radius 3 is 2.61 bits per heavy atom. The van der Waals surface area contributed by atoms with Crippen LogP contribution in [-0.4, -0.2) is 42.2 Å². The van der Waals surface area contributed by atoms with Gasteiger partial charge in [0, 0.05) is 25.9 Å². The van der Waals surface area contributed by atoms with Crippen molar-refractivity contribution in [2.45, 2.75) is 51.6 Å². The summed E-state index contributed by atoms with van der Waals surface area (Å²) in [7, 11) is 1.85. The molecule has 4 heteroatoms. The lowest BCUT2D eigenvalue weighted by molar-refractivity contribution is -0.131. The number of carbonyl (C=O) groups is 1. The van der Waals surface area contributed by atoms with Crippen LogP contribution in [0.4, 0.5) is 0 Å². The molecule has 0 radical (unpaired) electrons. The Hall–Kier alpha value is -1.55. The normalized spacial score (nSPS) is 21.0. The molecule has 128 valence electrons. The van der Waals surface area contributed by atoms with Crippen LogP contribution in [0.5, 0.6) is 5.75 Å². The lowest BCUT2D eigenvalue weighted by atomic mass is 9.86. The summed E-state index contributed by atoms with van der Waals surface area (Å²) in [6.07, 6.45) is 5.17. The number of aryl methyl sites for hydroxylation is 1. The van der Waals surface area contributed by atoms with E-state index in [0.717, 1.165) is 43.4 Å². The van der Waals surface area contributed by atoms with Crippen LogP contribution in [0.25, 0.3) is 0 Å². The minimum absolute atomic E-state index is 0.150. The van der Waals surface area contributed by atoms with Crippen LogP contribution >= 0.6 is 0 Å². The molecule has 1 saturated carbocycles. The number of aliphatic hydroxyl groups excluding tert-OH is 1. The van der Waals surface area contributed by atoms with E-state index in [0.29, 0.717) is 19.6 Å². The van der Waals surface area contributed by atoms with Crippen LogP contribution in [0.15, 0.2) is 24.3 Å². The Balaban J connectivity index is 1.76. The van der Waals surface area contributed by atoms with Gasteiger partial charge in [-0.1, -0.05) is 25.0 Å². The van der Waals surface area contributed by atoms with E-state index < -0.39 is 0 Å². The monoisotopic (exact) mass is 319 g/mol. The van der Waals surface area contributed by atoms with Gasteiger partial charge in [0.25, 0.3) is 0 Å². The number of ether oxygens (including phenoxy) is 1. The highest BCUT2D eigenvalue weighted by atomic mass is 16.5. The quantitative estimate of drug-likeness (QED) is 0.840. The summed E-state index contributed by atoms with van der Waals surface area (Å²) >= 11 is 0. The van der Waals surface area contributed by atoms with E-state index in [1.807, 2.05) is 38.2 Å². The van der Waals surface area contributed by atoms with E-state index in [1.54, 1.807) is 4.90 Å². The van der Waals surface area contributed by atoms with E-state index in [-0.39, 0.29) is 17.9 Å². The summed E-state index contributed by atoms with van der Waals surface area (Å²) in [4.78, 5) is 14.1. The topological polar surface area (TPSA) is 49.8 Å². The van der Waals surface area contributed by atoms with Gasteiger partial charge in [0.1, 0.15) is 5.75 Å². The van der Waals surface area contributed by atoms with E-state index in [1.165, 1.54) is 0 Å². The first kappa shape index (κ1) is 17.8. The Morgan fingerprint density at radius 2 is 1.96 bits per heavy atom. The molecule has 1 aliphatic carbocycles. The standard InChI is InChI=1S/C19H29NO3/c1-3-23-17-11-8-15(9-12-17)10-13-19(22)20(2)14-16-6-4-5-7-18(16)21/h8-9,11-12,16,18,21H,3-7,10,13-14H2,1-2H3. The van der Waals surface area contributed by atoms with Crippen LogP contribution in [0.1, 0.15) is 44.6 Å². The van der Waals surface area contributed by atoms with Crippen molar-refractivity contribution in [3.63, 3.8) is 0 Å². The van der Waals surface area contributed by atoms with Crippen LogP contribution in [0, 0.1) is 5.92 Å². The zero-order valence-electron chi connectivity index (χ0n) is 14.3. The Kier molecular flexibility index (Phi) is 6.90. The number of carbonyl (C=O) groups excluding carboxylic acids is 1. The van der Waals surface area contributed by atoms with Crippen LogP contribution in [-0.2, 0) is 11.2 Å². The molecule has 0 spiro atoms. The highest BCUT2D eigenvalue weighted by Gasteiger charge is 2.25. The van der Waals surface area contributed by atoms with Crippen LogP contribution < -0.4 is 4.74 Å². The minimum Gasteiger partial charge on any atom is -0.494 e. The molecule has 2 atom stereocenters. The van der Waals surface area contributed by atoms with Crippen molar-refractivity contribution in [1.82, 2.24) is 4.90 Å². The van der Waals surface area contributed by atoms with Gasteiger partial charge in [-0.15, -0.1) is 0 Å². The summed E-state index contributed by atoms with van der Waals surface area (Å²) in [5, 5.41) is 10.0. The maximum absolute atomic E-state index is 12.3. The van der Waals surface area contributed by atoms with E-state index in [9.17, 15) is 9.90 Å². The SMILES string of the molecule is CCOc1ccc(CCC(=O)N(C)CC2CCCCC2O)cc1. The largest absolute Gasteiger partial charge is 0.494 e. The molecular weight excluding hydrogens is 290 g/mol. The predicted molar refractivity (Wildman–Crippen MR) is 91.5 cm³/mol. The lowest BCUT2D eigenvalue weighted by Crippen LogP contribution is -2.38. The fourth-order valence-electron chi connectivity index (χ4n) is 3.22. The molecule has 0 heterocycles. The first-order valence-corrected chi connectivity index (χ1v) is 8.74. The van der Waals surface area contributed by atoms with Gasteiger partial charge in [-0.05, 0) is 43.9 Å². The van der Waals surface area contributed by atoms with Crippen LogP contribution in [0.3, 0.4) is 0 Å². The third-order valence-electron chi connectivity index (χ3n) is 4.66. The second kappa shape index (κ2) is 8.92. The maximum atomic E-state index is 12.3. The number of rotatable bonds is 7. The molecule has 0 saturated heterocycles. The molecule has 2 unspecified atom stereocenters. The smallest absolute Gasteiger partial charge is 0.222 e. The zero-order chi connectivity index (χ0) is 16.7. The van der Waals surface area contributed by atoms with Gasteiger partial charge in [0.15, 0.2) is 0 Å². The molecule has 1 aromatic rings. The molecule has 23 heavy (non-hydrogen) atoms. The number of benzene rings is 1. The van der Waals surface area contributed by atoms with E-state index in [2.05, 4.69) is 0 Å². The van der Waals surface area contributed by atoms with Crippen molar-refractivity contribution in [3.8, 4) is 5.75 Å². The Labute approximate surface area is 139 Å². The molecule has 2 rings (SSSR count). The predicted octanol–water partition coefficient (Wildman–Crippen LogP) is 3.03. The molecule has 1 aromatic carbocycles. The fourth-order valence-corrected chi connectivity index (χ4v) is 3.22. The lowest BCUT2D eigenvalue weighted by Gasteiger charge is -2.31. The van der Waals surface area contributed by atoms with Gasteiger partial charge >= 0.3 is 0 Å². The van der Waals surface area contributed by atoms with Crippen molar-refractivity contribution in [3.05, 3.63) is 29.8 Å². The van der Waals surface area contributed by atoms with E-state index in [4.69, 9.17) is 4.74 Å². The summed E-state index contributed by atoms with van der Waals surface area (Å²) in [6, 6.07) is 7.93. The average Bonchev–Trinajstić information content (AvgIpc) is 2.56. The molecular formula is C19H29NO3. The minimum atomic E-state index is -0.245. The zero-order valence-corrected chi connectivity index (χ0v) is 14.3. The van der Waals surface area contributed by atoms with Gasteiger partial charge in [0.2, 0.25) is 5.91 Å². The summed E-state index contributed by atoms with van der Waals surface area (Å²) in [5.41, 5.74) is 1.15. The van der Waals surface area contributed by atoms with Gasteiger partial charge in [0.05, 0.1) is 12.7 Å². The van der Waals surface area contributed by atoms with Crippen molar-refractivity contribution in [2.24, 2.45) is 5.92 Å².